The molecule has 19 heavy (non-hydrogen) atoms. The maximum atomic E-state index is 6.47. The molecule has 2 heterocycles. The highest BCUT2D eigenvalue weighted by molar-refractivity contribution is 7.99. The average molecular weight is 298 g/mol. The van der Waals surface area contributed by atoms with Gasteiger partial charge >= 0.3 is 0 Å². The van der Waals surface area contributed by atoms with Crippen molar-refractivity contribution in [2.45, 2.75) is 30.9 Å². The van der Waals surface area contributed by atoms with Gasteiger partial charge in [-0.15, -0.1) is 0 Å². The summed E-state index contributed by atoms with van der Waals surface area (Å²) in [6, 6.07) is 7.98. The van der Waals surface area contributed by atoms with E-state index in [0.29, 0.717) is 5.92 Å². The number of halogens is 1. The van der Waals surface area contributed by atoms with Gasteiger partial charge in [0, 0.05) is 23.4 Å². The van der Waals surface area contributed by atoms with Gasteiger partial charge < -0.3 is 10.5 Å². The van der Waals surface area contributed by atoms with E-state index < -0.39 is 0 Å². The molecule has 0 saturated carbocycles. The summed E-state index contributed by atoms with van der Waals surface area (Å²) in [5.41, 5.74) is 7.64. The molecule has 0 aliphatic carbocycles. The molecular formula is C15H20ClNOS. The van der Waals surface area contributed by atoms with Crippen LogP contribution in [0.3, 0.4) is 0 Å². The first-order chi connectivity index (χ1) is 9.20. The normalized spacial score (nSPS) is 32.6. The Morgan fingerprint density at radius 1 is 1.42 bits per heavy atom. The molecule has 2 aliphatic rings. The maximum Gasteiger partial charge on any atom is 0.0783 e. The first-order valence-corrected chi connectivity index (χ1v) is 8.45. The highest BCUT2D eigenvalue weighted by Gasteiger charge is 2.42. The number of benzene rings is 1. The third-order valence-electron chi connectivity index (χ3n) is 4.37. The predicted octanol–water partition coefficient (Wildman–Crippen LogP) is 3.64. The quantitative estimate of drug-likeness (QED) is 0.905. The van der Waals surface area contributed by atoms with Gasteiger partial charge in [-0.1, -0.05) is 29.8 Å². The summed E-state index contributed by atoms with van der Waals surface area (Å²) in [4.78, 5) is 0. The van der Waals surface area contributed by atoms with E-state index >= 15 is 0 Å². The lowest BCUT2D eigenvalue weighted by molar-refractivity contribution is -0.0834. The number of hydrogen-bond donors (Lipinski definition) is 1. The van der Waals surface area contributed by atoms with E-state index in [0.717, 1.165) is 35.8 Å². The standard InChI is InChI=1S/C15H20ClNOS/c16-13-4-2-1-3-12(13)14(17)11-5-7-18-15(9-11)6-8-19-10-15/h1-4,11,14H,5-10,17H2. The third kappa shape index (κ3) is 2.80. The minimum atomic E-state index is 0.0278. The predicted molar refractivity (Wildman–Crippen MR) is 81.7 cm³/mol. The Morgan fingerprint density at radius 2 is 2.26 bits per heavy atom. The Kier molecular flexibility index (Phi) is 4.08. The summed E-state index contributed by atoms with van der Waals surface area (Å²) < 4.78 is 6.06. The van der Waals surface area contributed by atoms with Crippen molar-refractivity contribution in [3.8, 4) is 0 Å². The van der Waals surface area contributed by atoms with E-state index in [1.807, 2.05) is 30.0 Å². The summed E-state index contributed by atoms with van der Waals surface area (Å²) >= 11 is 8.27. The Bertz CT molecular complexity index is 448. The van der Waals surface area contributed by atoms with Crippen LogP contribution in [0.5, 0.6) is 0 Å². The zero-order valence-electron chi connectivity index (χ0n) is 11.0. The van der Waals surface area contributed by atoms with Crippen LogP contribution in [0.1, 0.15) is 30.9 Å². The average Bonchev–Trinajstić information content (AvgIpc) is 2.86. The van der Waals surface area contributed by atoms with E-state index in [1.54, 1.807) is 0 Å². The Labute approximate surface area is 124 Å². The zero-order chi connectivity index (χ0) is 13.3. The molecule has 0 amide bonds. The van der Waals surface area contributed by atoms with E-state index in [9.17, 15) is 0 Å². The highest BCUT2D eigenvalue weighted by Crippen LogP contribution is 2.44. The molecule has 3 rings (SSSR count). The van der Waals surface area contributed by atoms with Crippen LogP contribution in [0.15, 0.2) is 24.3 Å². The van der Waals surface area contributed by atoms with Gasteiger partial charge in [-0.25, -0.2) is 0 Å². The van der Waals surface area contributed by atoms with Crippen LogP contribution >= 0.6 is 23.4 Å². The maximum absolute atomic E-state index is 6.47. The molecule has 2 saturated heterocycles. The van der Waals surface area contributed by atoms with Crippen molar-refractivity contribution < 1.29 is 4.74 Å². The van der Waals surface area contributed by atoms with Gasteiger partial charge in [-0.3, -0.25) is 0 Å². The summed E-state index contributed by atoms with van der Waals surface area (Å²) in [6.45, 7) is 0.837. The smallest absolute Gasteiger partial charge is 0.0783 e. The Balaban J connectivity index is 1.76. The molecule has 3 atom stereocenters. The first-order valence-electron chi connectivity index (χ1n) is 6.92. The molecule has 1 aromatic rings. The minimum absolute atomic E-state index is 0.0278. The fourth-order valence-corrected chi connectivity index (χ4v) is 4.87. The topological polar surface area (TPSA) is 35.2 Å². The monoisotopic (exact) mass is 297 g/mol. The van der Waals surface area contributed by atoms with Gasteiger partial charge in [0.15, 0.2) is 0 Å². The van der Waals surface area contributed by atoms with Crippen LogP contribution in [0, 0.1) is 5.92 Å². The van der Waals surface area contributed by atoms with Gasteiger partial charge in [0.1, 0.15) is 0 Å². The molecule has 4 heteroatoms. The number of hydrogen-bond acceptors (Lipinski definition) is 3. The van der Waals surface area contributed by atoms with Crippen LogP contribution in [-0.4, -0.2) is 23.7 Å². The Morgan fingerprint density at radius 3 is 3.00 bits per heavy atom. The molecule has 2 N–H and O–H groups in total. The molecule has 0 aromatic heterocycles. The van der Waals surface area contributed by atoms with Crippen LogP contribution < -0.4 is 5.73 Å². The largest absolute Gasteiger partial charge is 0.374 e. The number of ether oxygens (including phenoxy) is 1. The van der Waals surface area contributed by atoms with Crippen molar-refractivity contribution in [3.05, 3.63) is 34.9 Å². The highest BCUT2D eigenvalue weighted by atomic mass is 35.5. The number of thioether (sulfide) groups is 1. The second kappa shape index (κ2) is 5.65. The van der Waals surface area contributed by atoms with Gasteiger partial charge in [0.05, 0.1) is 5.60 Å². The summed E-state index contributed by atoms with van der Waals surface area (Å²) in [7, 11) is 0. The number of nitrogens with two attached hydrogens (primary N) is 1. The second-order valence-corrected chi connectivity index (χ2v) is 7.15. The van der Waals surface area contributed by atoms with E-state index in [4.69, 9.17) is 22.1 Å². The molecule has 0 radical (unpaired) electrons. The third-order valence-corrected chi connectivity index (χ3v) is 5.94. The van der Waals surface area contributed by atoms with Crippen molar-refractivity contribution in [2.75, 3.05) is 18.1 Å². The molecule has 1 aromatic carbocycles. The molecule has 104 valence electrons. The van der Waals surface area contributed by atoms with Crippen molar-refractivity contribution in [2.24, 2.45) is 11.7 Å². The minimum Gasteiger partial charge on any atom is -0.374 e. The van der Waals surface area contributed by atoms with Crippen molar-refractivity contribution in [1.82, 2.24) is 0 Å². The molecule has 2 aliphatic heterocycles. The van der Waals surface area contributed by atoms with Crippen LogP contribution in [0.25, 0.3) is 0 Å². The second-order valence-electron chi connectivity index (χ2n) is 5.63. The van der Waals surface area contributed by atoms with Crippen molar-refractivity contribution in [1.29, 1.82) is 0 Å². The lowest BCUT2D eigenvalue weighted by Crippen LogP contribution is -2.42. The molecule has 3 unspecified atom stereocenters. The molecule has 1 spiro atoms. The van der Waals surface area contributed by atoms with Crippen LogP contribution in [-0.2, 0) is 4.74 Å². The number of rotatable bonds is 2. The van der Waals surface area contributed by atoms with Gasteiger partial charge in [-0.2, -0.15) is 11.8 Å². The zero-order valence-corrected chi connectivity index (χ0v) is 12.6. The van der Waals surface area contributed by atoms with E-state index in [-0.39, 0.29) is 11.6 Å². The summed E-state index contributed by atoms with van der Waals surface area (Å²) in [6.07, 6.45) is 3.29. The fraction of sp³-hybridized carbons (Fsp3) is 0.600. The lowest BCUT2D eigenvalue weighted by atomic mass is 9.79. The van der Waals surface area contributed by atoms with E-state index in [1.165, 1.54) is 12.2 Å². The van der Waals surface area contributed by atoms with Crippen molar-refractivity contribution >= 4 is 23.4 Å². The van der Waals surface area contributed by atoms with Crippen LogP contribution in [0.4, 0.5) is 0 Å². The van der Waals surface area contributed by atoms with Gasteiger partial charge in [0.2, 0.25) is 0 Å². The molecule has 2 nitrogen and oxygen atoms in total. The Hall–Kier alpha value is -0.220. The molecule has 0 bridgehead atoms. The molecule has 2 fully saturated rings. The molecular weight excluding hydrogens is 278 g/mol. The summed E-state index contributed by atoms with van der Waals surface area (Å²) in [5, 5.41) is 0.788. The van der Waals surface area contributed by atoms with Crippen molar-refractivity contribution in [3.63, 3.8) is 0 Å². The van der Waals surface area contributed by atoms with Gasteiger partial charge in [0.25, 0.3) is 0 Å². The van der Waals surface area contributed by atoms with Gasteiger partial charge in [-0.05, 0) is 42.6 Å². The van der Waals surface area contributed by atoms with Crippen LogP contribution in [0.2, 0.25) is 5.02 Å². The van der Waals surface area contributed by atoms with E-state index in [2.05, 4.69) is 6.07 Å². The summed E-state index contributed by atoms with van der Waals surface area (Å²) in [5.74, 6) is 2.82. The fourth-order valence-electron chi connectivity index (χ4n) is 3.23. The first kappa shape index (κ1) is 13.7. The SMILES string of the molecule is NC(c1ccccc1Cl)C1CCOC2(CCSC2)C1. The lowest BCUT2D eigenvalue weighted by Gasteiger charge is -2.40.